The molecule has 2 heterocycles. The van der Waals surface area contributed by atoms with E-state index in [2.05, 4.69) is 31.7 Å². The molecular weight excluding hydrogens is 462 g/mol. The topological polar surface area (TPSA) is 104 Å². The van der Waals surface area contributed by atoms with Crippen molar-refractivity contribution in [3.63, 3.8) is 0 Å². The van der Waals surface area contributed by atoms with Gasteiger partial charge in [-0.3, -0.25) is 4.79 Å². The number of hydrogen-bond acceptors (Lipinski definition) is 6. The Morgan fingerprint density at radius 2 is 1.94 bits per heavy atom. The van der Waals surface area contributed by atoms with Crippen LogP contribution in [-0.2, 0) is 11.2 Å². The van der Waals surface area contributed by atoms with Gasteiger partial charge in [-0.05, 0) is 74.7 Å². The lowest BCUT2D eigenvalue weighted by atomic mass is 9.76. The number of carbonyl (C=O) groups excluding carboxylic acids is 1. The van der Waals surface area contributed by atoms with Crippen molar-refractivity contribution < 1.29 is 14.4 Å². The average molecular weight is 486 g/mol. The maximum Gasteiger partial charge on any atom is 0.366 e. The van der Waals surface area contributed by atoms with Gasteiger partial charge >= 0.3 is 5.63 Å². The van der Waals surface area contributed by atoms with Crippen LogP contribution in [0.4, 0.5) is 5.69 Å². The summed E-state index contributed by atoms with van der Waals surface area (Å²) in [6.07, 6.45) is 1.64. The molecule has 1 atom stereocenters. The van der Waals surface area contributed by atoms with Crippen LogP contribution in [0, 0.1) is 12.8 Å². The predicted molar refractivity (Wildman–Crippen MR) is 122 cm³/mol. The highest BCUT2D eigenvalue weighted by atomic mass is 79.9. The molecule has 1 aliphatic heterocycles. The van der Waals surface area contributed by atoms with E-state index in [0.29, 0.717) is 35.0 Å². The predicted octanol–water partition coefficient (Wildman–Crippen LogP) is 3.17. The summed E-state index contributed by atoms with van der Waals surface area (Å²) in [6.45, 7) is 3.25. The van der Waals surface area contributed by atoms with Gasteiger partial charge in [-0.2, -0.15) is 0 Å². The van der Waals surface area contributed by atoms with Gasteiger partial charge in [0.1, 0.15) is 5.60 Å². The molecule has 7 nitrogen and oxygen atoms in total. The number of fused-ring (bicyclic) bond motifs is 1. The molecule has 1 aromatic heterocycles. The zero-order valence-electron chi connectivity index (χ0n) is 17.2. The van der Waals surface area contributed by atoms with Crippen molar-refractivity contribution >= 4 is 38.3 Å². The highest BCUT2D eigenvalue weighted by molar-refractivity contribution is 9.10. The number of nitrogens with zero attached hydrogens (tertiary/aromatic N) is 1. The van der Waals surface area contributed by atoms with Crippen molar-refractivity contribution in [2.45, 2.75) is 31.8 Å². The molecule has 3 N–H and O–H groups in total. The summed E-state index contributed by atoms with van der Waals surface area (Å²) in [5.74, 6) is -0.622. The number of amides is 1. The van der Waals surface area contributed by atoms with Crippen molar-refractivity contribution in [1.82, 2.24) is 10.5 Å². The second-order valence-electron chi connectivity index (χ2n) is 8.02. The van der Waals surface area contributed by atoms with Crippen molar-refractivity contribution in [3.8, 4) is 0 Å². The second-order valence-corrected chi connectivity index (χ2v) is 8.94. The van der Waals surface area contributed by atoms with Crippen molar-refractivity contribution in [3.05, 3.63) is 68.6 Å². The van der Waals surface area contributed by atoms with E-state index in [0.717, 1.165) is 23.1 Å². The van der Waals surface area contributed by atoms with E-state index < -0.39 is 17.1 Å². The maximum absolute atomic E-state index is 13.4. The third kappa shape index (κ3) is 4.56. The zero-order valence-corrected chi connectivity index (χ0v) is 18.7. The number of rotatable bonds is 5. The van der Waals surface area contributed by atoms with Crippen LogP contribution < -0.4 is 16.3 Å². The number of benzene rings is 2. The van der Waals surface area contributed by atoms with E-state index in [4.69, 9.17) is 4.52 Å². The average Bonchev–Trinajstić information content (AvgIpc) is 2.78. The van der Waals surface area contributed by atoms with E-state index in [1.165, 1.54) is 0 Å². The molecule has 31 heavy (non-hydrogen) atoms. The first-order chi connectivity index (χ1) is 14.9. The lowest BCUT2D eigenvalue weighted by Crippen LogP contribution is -2.53. The first-order valence-electron chi connectivity index (χ1n) is 10.3. The molecule has 2 aromatic carbocycles. The summed E-state index contributed by atoms with van der Waals surface area (Å²) in [5, 5.41) is 22.6. The molecule has 4 rings (SSSR count). The molecule has 0 bridgehead atoms. The summed E-state index contributed by atoms with van der Waals surface area (Å²) in [5.41, 5.74) is -0.158. The number of hydrogen-bond donors (Lipinski definition) is 3. The summed E-state index contributed by atoms with van der Waals surface area (Å²) < 4.78 is 5.70. The number of piperidine rings is 1. The van der Waals surface area contributed by atoms with E-state index in [9.17, 15) is 14.7 Å². The van der Waals surface area contributed by atoms with Crippen LogP contribution in [0.3, 0.4) is 0 Å². The molecule has 0 saturated carbocycles. The normalized spacial score (nSPS) is 16.7. The van der Waals surface area contributed by atoms with Gasteiger partial charge in [0.05, 0.1) is 11.1 Å². The SMILES string of the molecule is Cc1noc(=O)c2ccc(NC(=O)C(O)(Cc3ccc(Br)cc3)C3CCNCC3)cc12. The van der Waals surface area contributed by atoms with Gasteiger partial charge in [-0.15, -0.1) is 0 Å². The molecule has 1 saturated heterocycles. The Kier molecular flexibility index (Phi) is 6.22. The molecule has 162 valence electrons. The monoisotopic (exact) mass is 485 g/mol. The molecule has 0 aliphatic carbocycles. The van der Waals surface area contributed by atoms with Crippen LogP contribution in [0.1, 0.15) is 24.1 Å². The van der Waals surface area contributed by atoms with Gasteiger partial charge < -0.3 is 20.3 Å². The minimum atomic E-state index is -1.56. The smallest absolute Gasteiger partial charge is 0.366 e. The van der Waals surface area contributed by atoms with E-state index in [1.807, 2.05) is 24.3 Å². The van der Waals surface area contributed by atoms with Gasteiger partial charge in [0, 0.05) is 22.0 Å². The molecule has 0 spiro atoms. The van der Waals surface area contributed by atoms with Gasteiger partial charge in [0.15, 0.2) is 0 Å². The van der Waals surface area contributed by atoms with Gasteiger partial charge in [0.2, 0.25) is 0 Å². The highest BCUT2D eigenvalue weighted by Gasteiger charge is 2.44. The Labute approximate surface area is 188 Å². The Morgan fingerprint density at radius 1 is 1.23 bits per heavy atom. The highest BCUT2D eigenvalue weighted by Crippen LogP contribution is 2.32. The fourth-order valence-corrected chi connectivity index (χ4v) is 4.43. The van der Waals surface area contributed by atoms with Gasteiger partial charge in [-0.1, -0.05) is 33.2 Å². The van der Waals surface area contributed by atoms with Crippen LogP contribution >= 0.6 is 15.9 Å². The standard InChI is InChI=1S/C23H24BrN3O4/c1-14-20-12-18(6-7-19(20)21(28)31-27-14)26-22(29)23(30,16-8-10-25-11-9-16)13-15-2-4-17(24)5-3-15/h2-7,12,16,25,30H,8-11,13H2,1H3,(H,26,29). The molecule has 3 aromatic rings. The molecule has 1 aliphatic rings. The minimum Gasteiger partial charge on any atom is -0.379 e. The number of anilines is 1. The van der Waals surface area contributed by atoms with Gasteiger partial charge in [0.25, 0.3) is 5.91 Å². The fraction of sp³-hybridized carbons (Fsp3) is 0.348. The van der Waals surface area contributed by atoms with Crippen LogP contribution in [0.15, 0.2) is 56.3 Å². The number of aryl methyl sites for hydroxylation is 1. The first-order valence-corrected chi connectivity index (χ1v) is 11.1. The third-order valence-electron chi connectivity index (χ3n) is 5.95. The number of carbonyl (C=O) groups is 1. The molecule has 8 heteroatoms. The molecule has 0 radical (unpaired) electrons. The lowest BCUT2D eigenvalue weighted by Gasteiger charge is -2.37. The summed E-state index contributed by atoms with van der Waals surface area (Å²) in [6, 6.07) is 12.6. The Morgan fingerprint density at radius 3 is 2.65 bits per heavy atom. The maximum atomic E-state index is 13.4. The molecule has 1 amide bonds. The van der Waals surface area contributed by atoms with Crippen molar-refractivity contribution in [1.29, 1.82) is 0 Å². The third-order valence-corrected chi connectivity index (χ3v) is 6.48. The first kappa shape index (κ1) is 21.7. The zero-order chi connectivity index (χ0) is 22.0. The number of aromatic nitrogens is 1. The van der Waals surface area contributed by atoms with Crippen LogP contribution in [0.2, 0.25) is 0 Å². The van der Waals surface area contributed by atoms with Crippen molar-refractivity contribution in [2.24, 2.45) is 5.92 Å². The lowest BCUT2D eigenvalue weighted by molar-refractivity contribution is -0.141. The van der Waals surface area contributed by atoms with E-state index in [-0.39, 0.29) is 12.3 Å². The van der Waals surface area contributed by atoms with Crippen LogP contribution in [-0.4, -0.2) is 34.9 Å². The Hall–Kier alpha value is -2.55. The number of halogens is 1. The van der Waals surface area contributed by atoms with Crippen LogP contribution in [0.25, 0.3) is 10.8 Å². The fourth-order valence-electron chi connectivity index (χ4n) is 4.17. The quantitative estimate of drug-likeness (QED) is 0.512. The molecule has 1 fully saturated rings. The van der Waals surface area contributed by atoms with Crippen LogP contribution in [0.5, 0.6) is 0 Å². The molecular formula is C23H24BrN3O4. The summed E-state index contributed by atoms with van der Waals surface area (Å²) in [7, 11) is 0. The second kappa shape index (κ2) is 8.90. The Bertz CT molecular complexity index is 1160. The minimum absolute atomic E-state index is 0.173. The summed E-state index contributed by atoms with van der Waals surface area (Å²) in [4.78, 5) is 25.3. The van der Waals surface area contributed by atoms with Gasteiger partial charge in [-0.25, -0.2) is 4.79 Å². The molecule has 1 unspecified atom stereocenters. The van der Waals surface area contributed by atoms with E-state index >= 15 is 0 Å². The van der Waals surface area contributed by atoms with Crippen molar-refractivity contribution in [2.75, 3.05) is 18.4 Å². The number of nitrogens with one attached hydrogen (secondary N) is 2. The Balaban J connectivity index is 1.65. The largest absolute Gasteiger partial charge is 0.379 e. The number of aliphatic hydroxyl groups is 1. The summed E-state index contributed by atoms with van der Waals surface area (Å²) >= 11 is 3.42. The van der Waals surface area contributed by atoms with E-state index in [1.54, 1.807) is 25.1 Å².